The lowest BCUT2D eigenvalue weighted by atomic mass is 10.0. The van der Waals surface area contributed by atoms with Crippen LogP contribution in [0.4, 0.5) is 5.82 Å². The number of carbonyl (C=O) groups excluding carboxylic acids is 1. The molecule has 1 aliphatic heterocycles. The van der Waals surface area contributed by atoms with E-state index in [1.165, 1.54) is 0 Å². The molecular formula is C18H25N5O2. The fourth-order valence-corrected chi connectivity index (χ4v) is 3.28. The summed E-state index contributed by atoms with van der Waals surface area (Å²) in [7, 11) is 1.75. The number of hydrogen-bond acceptors (Lipinski definition) is 5. The largest absolute Gasteiger partial charge is 0.386 e. The minimum Gasteiger partial charge on any atom is -0.386 e. The highest BCUT2D eigenvalue weighted by molar-refractivity contribution is 5.75. The number of carbonyl (C=O) groups is 1. The van der Waals surface area contributed by atoms with E-state index in [0.29, 0.717) is 32.5 Å². The zero-order valence-corrected chi connectivity index (χ0v) is 14.8. The molecule has 2 aromatic heterocycles. The second kappa shape index (κ2) is 7.23. The van der Waals surface area contributed by atoms with E-state index < -0.39 is 5.60 Å². The van der Waals surface area contributed by atoms with Crippen molar-refractivity contribution >= 4 is 11.7 Å². The first-order valence-corrected chi connectivity index (χ1v) is 8.58. The zero-order chi connectivity index (χ0) is 17.9. The number of aryl methyl sites for hydroxylation is 2. The number of amides is 1. The van der Waals surface area contributed by atoms with Crippen molar-refractivity contribution < 1.29 is 9.90 Å². The molecule has 3 heterocycles. The fourth-order valence-electron chi connectivity index (χ4n) is 3.28. The highest BCUT2D eigenvalue weighted by Gasteiger charge is 2.38. The Bertz CT molecular complexity index is 717. The number of anilines is 1. The minimum atomic E-state index is -0.899. The van der Waals surface area contributed by atoms with E-state index in [9.17, 15) is 9.90 Å². The molecule has 7 heteroatoms. The molecule has 0 spiro atoms. The van der Waals surface area contributed by atoms with Gasteiger partial charge in [-0.05, 0) is 31.5 Å². The average Bonchev–Trinajstić information content (AvgIpc) is 3.19. The van der Waals surface area contributed by atoms with Crippen LogP contribution in [0.5, 0.6) is 0 Å². The number of nitrogens with zero attached hydrogens (tertiary/aromatic N) is 5. The molecule has 1 saturated heterocycles. The number of pyridine rings is 1. The van der Waals surface area contributed by atoms with Crippen molar-refractivity contribution in [3.8, 4) is 0 Å². The Morgan fingerprint density at radius 2 is 2.20 bits per heavy atom. The van der Waals surface area contributed by atoms with Crippen molar-refractivity contribution in [3.63, 3.8) is 0 Å². The molecule has 1 aliphatic rings. The van der Waals surface area contributed by atoms with E-state index in [2.05, 4.69) is 15.0 Å². The number of hydrogen-bond donors (Lipinski definition) is 1. The average molecular weight is 343 g/mol. The van der Waals surface area contributed by atoms with E-state index in [0.717, 1.165) is 18.1 Å². The highest BCUT2D eigenvalue weighted by Crippen LogP contribution is 2.26. The molecule has 0 bridgehead atoms. The van der Waals surface area contributed by atoms with E-state index in [4.69, 9.17) is 0 Å². The van der Waals surface area contributed by atoms with E-state index >= 15 is 0 Å². The molecular weight excluding hydrogens is 318 g/mol. The summed E-state index contributed by atoms with van der Waals surface area (Å²) < 4.78 is 1.82. The Morgan fingerprint density at radius 3 is 2.88 bits per heavy atom. The molecule has 1 amide bonds. The third-order valence-electron chi connectivity index (χ3n) is 4.73. The number of rotatable bonds is 6. The maximum Gasteiger partial charge on any atom is 0.224 e. The summed E-state index contributed by atoms with van der Waals surface area (Å²) in [6, 6.07) is 7.67. The quantitative estimate of drug-likeness (QED) is 0.849. The van der Waals surface area contributed by atoms with Crippen molar-refractivity contribution in [1.82, 2.24) is 19.7 Å². The van der Waals surface area contributed by atoms with Crippen LogP contribution in [0.25, 0.3) is 0 Å². The van der Waals surface area contributed by atoms with Gasteiger partial charge >= 0.3 is 0 Å². The first-order valence-electron chi connectivity index (χ1n) is 8.58. The molecule has 3 rings (SSSR count). The number of β-amino-alcohol motifs (C(OH)–C–C–N with tert-alkyl or cyclic N) is 1. The van der Waals surface area contributed by atoms with E-state index in [1.54, 1.807) is 24.3 Å². The molecule has 25 heavy (non-hydrogen) atoms. The van der Waals surface area contributed by atoms with Crippen molar-refractivity contribution in [3.05, 3.63) is 42.4 Å². The Morgan fingerprint density at radius 1 is 1.36 bits per heavy atom. The van der Waals surface area contributed by atoms with Crippen LogP contribution in [0, 0.1) is 6.92 Å². The van der Waals surface area contributed by atoms with Crippen LogP contribution in [-0.2, 0) is 11.3 Å². The predicted molar refractivity (Wildman–Crippen MR) is 95.2 cm³/mol. The van der Waals surface area contributed by atoms with Crippen LogP contribution in [0.3, 0.4) is 0 Å². The van der Waals surface area contributed by atoms with Gasteiger partial charge in [0.05, 0.1) is 6.54 Å². The Kier molecular flexibility index (Phi) is 5.03. The van der Waals surface area contributed by atoms with Gasteiger partial charge in [-0.1, -0.05) is 6.07 Å². The maximum absolute atomic E-state index is 12.4. The molecule has 0 unspecified atom stereocenters. The van der Waals surface area contributed by atoms with Crippen molar-refractivity contribution in [2.75, 3.05) is 31.6 Å². The first kappa shape index (κ1) is 17.4. The van der Waals surface area contributed by atoms with Gasteiger partial charge in [-0.25, -0.2) is 4.98 Å². The van der Waals surface area contributed by atoms with Gasteiger partial charge in [0.25, 0.3) is 0 Å². The van der Waals surface area contributed by atoms with Crippen molar-refractivity contribution in [1.29, 1.82) is 0 Å². The number of aromatic nitrogens is 3. The molecule has 1 fully saturated rings. The molecule has 0 aromatic carbocycles. The monoisotopic (exact) mass is 343 g/mol. The molecule has 1 N–H and O–H groups in total. The van der Waals surface area contributed by atoms with Gasteiger partial charge in [0.2, 0.25) is 5.91 Å². The summed E-state index contributed by atoms with van der Waals surface area (Å²) in [6.07, 6.45) is 4.48. The summed E-state index contributed by atoms with van der Waals surface area (Å²) in [5.74, 6) is 0.876. The van der Waals surface area contributed by atoms with Gasteiger partial charge in [-0.2, -0.15) is 5.10 Å². The Labute approximate surface area is 147 Å². The Hall–Kier alpha value is -2.41. The summed E-state index contributed by atoms with van der Waals surface area (Å²) in [4.78, 5) is 20.4. The van der Waals surface area contributed by atoms with Crippen LogP contribution in [0.1, 0.15) is 18.5 Å². The van der Waals surface area contributed by atoms with Crippen LogP contribution in [0.15, 0.2) is 36.7 Å². The van der Waals surface area contributed by atoms with Crippen LogP contribution >= 0.6 is 0 Å². The first-order chi connectivity index (χ1) is 12.0. The number of aliphatic hydroxyl groups is 1. The highest BCUT2D eigenvalue weighted by atomic mass is 16.3. The van der Waals surface area contributed by atoms with Crippen molar-refractivity contribution in [2.24, 2.45) is 0 Å². The topological polar surface area (TPSA) is 74.5 Å². The van der Waals surface area contributed by atoms with Gasteiger partial charge < -0.3 is 14.9 Å². The minimum absolute atomic E-state index is 0.0135. The lowest BCUT2D eigenvalue weighted by Gasteiger charge is -2.29. The third kappa shape index (κ3) is 4.17. The summed E-state index contributed by atoms with van der Waals surface area (Å²) in [5, 5.41) is 15.0. The standard InChI is InChI=1S/C18H25N5O2/c1-15-6-10-20-23(15)11-7-17(24)21(2)13-18(25)8-12-22(14-18)16-5-3-4-9-19-16/h3-6,9-10,25H,7-8,11-14H2,1-2H3/t18-/m0/s1. The van der Waals surface area contributed by atoms with Gasteiger partial charge in [-0.3, -0.25) is 9.48 Å². The molecule has 0 saturated carbocycles. The summed E-state index contributed by atoms with van der Waals surface area (Å²) in [6.45, 7) is 4.07. The predicted octanol–water partition coefficient (Wildman–Crippen LogP) is 1.08. The van der Waals surface area contributed by atoms with Gasteiger partial charge in [0, 0.05) is 51.2 Å². The summed E-state index contributed by atoms with van der Waals surface area (Å²) in [5.41, 5.74) is 0.139. The molecule has 134 valence electrons. The number of likely N-dealkylation sites (N-methyl/N-ethyl adjacent to an activating group) is 1. The van der Waals surface area contributed by atoms with Gasteiger partial charge in [0.1, 0.15) is 11.4 Å². The van der Waals surface area contributed by atoms with Gasteiger partial charge in [0.15, 0.2) is 0 Å². The molecule has 7 nitrogen and oxygen atoms in total. The van der Waals surface area contributed by atoms with E-state index in [1.807, 2.05) is 35.9 Å². The fraction of sp³-hybridized carbons (Fsp3) is 0.500. The lowest BCUT2D eigenvalue weighted by molar-refractivity contribution is -0.133. The third-order valence-corrected chi connectivity index (χ3v) is 4.73. The maximum atomic E-state index is 12.4. The molecule has 0 radical (unpaired) electrons. The molecule has 0 aliphatic carbocycles. The smallest absolute Gasteiger partial charge is 0.224 e. The zero-order valence-electron chi connectivity index (χ0n) is 14.8. The molecule has 1 atom stereocenters. The normalized spacial score (nSPS) is 20.0. The van der Waals surface area contributed by atoms with Crippen molar-refractivity contribution in [2.45, 2.75) is 31.9 Å². The second-order valence-electron chi connectivity index (χ2n) is 6.78. The SMILES string of the molecule is Cc1ccnn1CCC(=O)N(C)C[C@@]1(O)CCN(c2ccccn2)C1. The van der Waals surface area contributed by atoms with E-state index in [-0.39, 0.29) is 5.91 Å². The van der Waals surface area contributed by atoms with Gasteiger partial charge in [-0.15, -0.1) is 0 Å². The lowest BCUT2D eigenvalue weighted by Crippen LogP contribution is -2.46. The Balaban J connectivity index is 1.52. The van der Waals surface area contributed by atoms with Crippen LogP contribution in [-0.4, -0.2) is 63.0 Å². The van der Waals surface area contributed by atoms with Crippen LogP contribution < -0.4 is 4.90 Å². The summed E-state index contributed by atoms with van der Waals surface area (Å²) >= 11 is 0. The second-order valence-corrected chi connectivity index (χ2v) is 6.78. The van der Waals surface area contributed by atoms with Crippen LogP contribution in [0.2, 0.25) is 0 Å². The molecule has 2 aromatic rings.